The fraction of sp³-hybridized carbons (Fsp3) is 0.176. The number of sulfonamides is 1. The quantitative estimate of drug-likeness (QED) is 0.452. The number of aromatic nitrogens is 5. The van der Waals surface area contributed by atoms with Gasteiger partial charge in [0.05, 0.1) is 18.0 Å². The molecule has 10 nitrogen and oxygen atoms in total. The van der Waals surface area contributed by atoms with E-state index in [-0.39, 0.29) is 30.6 Å². The topological polar surface area (TPSA) is 142 Å². The van der Waals surface area contributed by atoms with Crippen molar-refractivity contribution in [3.63, 3.8) is 0 Å². The van der Waals surface area contributed by atoms with Gasteiger partial charge < -0.3 is 10.3 Å². The Hall–Kier alpha value is -2.89. The molecule has 1 aromatic carbocycles. The number of imidazole rings is 1. The van der Waals surface area contributed by atoms with Crippen LogP contribution < -0.4 is 10.5 Å². The molecular formula is C17H19Cl2N7O3S. The van der Waals surface area contributed by atoms with Crippen LogP contribution >= 0.6 is 24.8 Å². The molecule has 0 radical (unpaired) electrons. The van der Waals surface area contributed by atoms with Crippen LogP contribution in [0.3, 0.4) is 0 Å². The van der Waals surface area contributed by atoms with Crippen molar-refractivity contribution in [1.29, 1.82) is 0 Å². The van der Waals surface area contributed by atoms with E-state index in [1.165, 1.54) is 0 Å². The van der Waals surface area contributed by atoms with Crippen LogP contribution in [0.25, 0.3) is 33.7 Å². The standard InChI is InChI=1S/C17H17N7O3S.2ClH/c1-3-24-15-12(10-4-6-11(7-5-10)23-28(2,25)26)8-19-9-13(15)20-17(24)14-16(18)22-27-21-14;;/h4-9,23H,3H2,1-2H3,(H2,18,22);2*1H. The number of benzene rings is 1. The first-order valence-corrected chi connectivity index (χ1v) is 10.3. The van der Waals surface area contributed by atoms with Crippen molar-refractivity contribution >= 4 is 57.4 Å². The first-order chi connectivity index (χ1) is 13.4. The predicted octanol–water partition coefficient (Wildman–Crippen LogP) is 2.97. The van der Waals surface area contributed by atoms with Crippen LogP contribution in [0.2, 0.25) is 0 Å². The Morgan fingerprint density at radius 1 is 1.13 bits per heavy atom. The molecule has 0 atom stereocenters. The zero-order chi connectivity index (χ0) is 19.9. The smallest absolute Gasteiger partial charge is 0.229 e. The lowest BCUT2D eigenvalue weighted by atomic mass is 10.1. The van der Waals surface area contributed by atoms with E-state index >= 15 is 0 Å². The fourth-order valence-corrected chi connectivity index (χ4v) is 3.64. The number of hydrogen-bond donors (Lipinski definition) is 2. The van der Waals surface area contributed by atoms with Crippen LogP contribution in [-0.4, -0.2) is 39.5 Å². The summed E-state index contributed by atoms with van der Waals surface area (Å²) in [6.07, 6.45) is 4.51. The van der Waals surface area contributed by atoms with E-state index in [0.717, 1.165) is 22.9 Å². The van der Waals surface area contributed by atoms with E-state index in [2.05, 4.69) is 25.0 Å². The molecule has 3 N–H and O–H groups in total. The number of nitrogens with zero attached hydrogens (tertiary/aromatic N) is 5. The molecule has 3 heterocycles. The summed E-state index contributed by atoms with van der Waals surface area (Å²) in [7, 11) is -3.34. The van der Waals surface area contributed by atoms with E-state index in [1.54, 1.807) is 24.5 Å². The lowest BCUT2D eigenvalue weighted by Crippen LogP contribution is -2.09. The van der Waals surface area contributed by atoms with Crippen molar-refractivity contribution in [2.75, 3.05) is 16.7 Å². The van der Waals surface area contributed by atoms with Crippen molar-refractivity contribution in [2.45, 2.75) is 13.5 Å². The van der Waals surface area contributed by atoms with Crippen LogP contribution in [0.5, 0.6) is 0 Å². The van der Waals surface area contributed by atoms with Crippen LogP contribution in [0.4, 0.5) is 11.5 Å². The lowest BCUT2D eigenvalue weighted by molar-refractivity contribution is 0.310. The van der Waals surface area contributed by atoms with Gasteiger partial charge in [-0.05, 0) is 34.9 Å². The van der Waals surface area contributed by atoms with Crippen LogP contribution in [0, 0.1) is 0 Å². The highest BCUT2D eigenvalue weighted by molar-refractivity contribution is 7.92. The highest BCUT2D eigenvalue weighted by Gasteiger charge is 2.20. The molecule has 0 unspecified atom stereocenters. The monoisotopic (exact) mass is 471 g/mol. The Kier molecular flexibility index (Phi) is 6.91. The van der Waals surface area contributed by atoms with Gasteiger partial charge >= 0.3 is 0 Å². The Balaban J connectivity index is 0.00000160. The van der Waals surface area contributed by atoms with Gasteiger partial charge in [0.1, 0.15) is 5.52 Å². The molecule has 30 heavy (non-hydrogen) atoms. The molecule has 160 valence electrons. The van der Waals surface area contributed by atoms with Crippen LogP contribution in [0.1, 0.15) is 6.92 Å². The maximum atomic E-state index is 11.4. The van der Waals surface area contributed by atoms with Crippen molar-refractivity contribution in [3.05, 3.63) is 36.7 Å². The summed E-state index contributed by atoms with van der Waals surface area (Å²) < 4.78 is 31.9. The summed E-state index contributed by atoms with van der Waals surface area (Å²) in [5, 5.41) is 7.48. The highest BCUT2D eigenvalue weighted by atomic mass is 35.5. The molecule has 0 aliphatic carbocycles. The summed E-state index contributed by atoms with van der Waals surface area (Å²) in [5.74, 6) is 0.705. The largest absolute Gasteiger partial charge is 0.379 e. The minimum atomic E-state index is -3.34. The predicted molar refractivity (Wildman–Crippen MR) is 119 cm³/mol. The molecule has 0 saturated heterocycles. The molecule has 0 aliphatic rings. The summed E-state index contributed by atoms with van der Waals surface area (Å²) in [6, 6.07) is 7.04. The highest BCUT2D eigenvalue weighted by Crippen LogP contribution is 2.33. The van der Waals surface area contributed by atoms with Gasteiger partial charge in [-0.25, -0.2) is 18.0 Å². The van der Waals surface area contributed by atoms with E-state index in [9.17, 15) is 8.42 Å². The van der Waals surface area contributed by atoms with Gasteiger partial charge in [0, 0.05) is 24.0 Å². The number of halogens is 2. The molecule has 0 fully saturated rings. The number of pyridine rings is 1. The van der Waals surface area contributed by atoms with E-state index in [4.69, 9.17) is 10.4 Å². The average molecular weight is 472 g/mol. The van der Waals surface area contributed by atoms with E-state index in [1.807, 2.05) is 23.6 Å². The number of anilines is 2. The van der Waals surface area contributed by atoms with Crippen molar-refractivity contribution in [2.24, 2.45) is 0 Å². The average Bonchev–Trinajstić information content (AvgIpc) is 3.23. The van der Waals surface area contributed by atoms with E-state index in [0.29, 0.717) is 29.3 Å². The zero-order valence-corrected chi connectivity index (χ0v) is 18.4. The second-order valence-corrected chi connectivity index (χ2v) is 7.93. The summed E-state index contributed by atoms with van der Waals surface area (Å²) in [5.41, 5.74) is 9.95. The number of nitrogens with one attached hydrogen (secondary N) is 1. The third-order valence-electron chi connectivity index (χ3n) is 4.19. The fourth-order valence-electron chi connectivity index (χ4n) is 3.07. The van der Waals surface area contributed by atoms with Gasteiger partial charge in [0.15, 0.2) is 17.3 Å². The number of aryl methyl sites for hydroxylation is 1. The number of nitrogens with two attached hydrogens (primary N) is 1. The molecular weight excluding hydrogens is 453 g/mol. The minimum Gasteiger partial charge on any atom is -0.379 e. The Morgan fingerprint density at radius 2 is 1.83 bits per heavy atom. The molecule has 0 spiro atoms. The van der Waals surface area contributed by atoms with Gasteiger partial charge in [-0.3, -0.25) is 9.71 Å². The number of hydrogen-bond acceptors (Lipinski definition) is 8. The third kappa shape index (κ3) is 4.32. The van der Waals surface area contributed by atoms with Crippen LogP contribution in [-0.2, 0) is 16.6 Å². The molecule has 0 saturated carbocycles. The molecule has 0 bridgehead atoms. The molecule has 13 heteroatoms. The number of rotatable bonds is 5. The van der Waals surface area contributed by atoms with Gasteiger partial charge in [-0.2, -0.15) is 0 Å². The Labute approximate surface area is 184 Å². The molecule has 0 amide bonds. The number of fused-ring (bicyclic) bond motifs is 1. The maximum absolute atomic E-state index is 11.4. The lowest BCUT2D eigenvalue weighted by Gasteiger charge is -2.09. The summed E-state index contributed by atoms with van der Waals surface area (Å²) >= 11 is 0. The van der Waals surface area contributed by atoms with Gasteiger partial charge in [0.2, 0.25) is 10.0 Å². The SMILES string of the molecule is CCn1c(-c2nonc2N)nc2cncc(-c3ccc(NS(C)(=O)=O)cc3)c21.Cl.Cl. The first-order valence-electron chi connectivity index (χ1n) is 8.38. The van der Waals surface area contributed by atoms with Gasteiger partial charge in [-0.15, -0.1) is 24.8 Å². The third-order valence-corrected chi connectivity index (χ3v) is 4.80. The van der Waals surface area contributed by atoms with Crippen molar-refractivity contribution < 1.29 is 13.0 Å². The zero-order valence-electron chi connectivity index (χ0n) is 15.9. The molecule has 0 aliphatic heterocycles. The van der Waals surface area contributed by atoms with Crippen LogP contribution in [0.15, 0.2) is 41.3 Å². The molecule has 4 rings (SSSR count). The first kappa shape index (κ1) is 23.4. The normalized spacial score (nSPS) is 11.0. The Morgan fingerprint density at radius 3 is 2.40 bits per heavy atom. The molecule has 3 aromatic heterocycles. The summed E-state index contributed by atoms with van der Waals surface area (Å²) in [4.78, 5) is 8.89. The Bertz CT molecular complexity index is 1270. The molecule has 4 aromatic rings. The number of nitrogen functional groups attached to an aromatic ring is 1. The van der Waals surface area contributed by atoms with Gasteiger partial charge in [0.25, 0.3) is 0 Å². The second-order valence-electron chi connectivity index (χ2n) is 6.18. The van der Waals surface area contributed by atoms with Crippen molar-refractivity contribution in [1.82, 2.24) is 24.8 Å². The second kappa shape index (κ2) is 8.86. The summed E-state index contributed by atoms with van der Waals surface area (Å²) in [6.45, 7) is 2.60. The van der Waals surface area contributed by atoms with E-state index < -0.39 is 10.0 Å². The van der Waals surface area contributed by atoms with Gasteiger partial charge in [-0.1, -0.05) is 12.1 Å². The van der Waals surface area contributed by atoms with Crippen molar-refractivity contribution in [3.8, 4) is 22.6 Å². The minimum absolute atomic E-state index is 0. The maximum Gasteiger partial charge on any atom is 0.229 e.